The molecule has 1 aromatic rings. The average Bonchev–Trinajstić information content (AvgIpc) is 3.00. The summed E-state index contributed by atoms with van der Waals surface area (Å²) in [4.78, 5) is 36.9. The number of carbonyl (C=O) groups is 3. The van der Waals surface area contributed by atoms with E-state index in [1.807, 2.05) is 30.3 Å². The van der Waals surface area contributed by atoms with E-state index in [2.05, 4.69) is 5.32 Å². The van der Waals surface area contributed by atoms with E-state index in [4.69, 9.17) is 14.2 Å². The summed E-state index contributed by atoms with van der Waals surface area (Å²) in [5.41, 5.74) is -0.665. The van der Waals surface area contributed by atoms with Gasteiger partial charge in [0.15, 0.2) is 5.54 Å². The van der Waals surface area contributed by atoms with Gasteiger partial charge in [0.1, 0.15) is 5.92 Å². The number of benzene rings is 1. The molecule has 1 aliphatic rings. The van der Waals surface area contributed by atoms with Crippen molar-refractivity contribution in [1.82, 2.24) is 5.32 Å². The van der Waals surface area contributed by atoms with Crippen LogP contribution in [0.2, 0.25) is 0 Å². The van der Waals surface area contributed by atoms with Crippen LogP contribution in [0.1, 0.15) is 5.56 Å². The lowest BCUT2D eigenvalue weighted by Crippen LogP contribution is -2.57. The van der Waals surface area contributed by atoms with Gasteiger partial charge in [-0.05, 0) is 5.56 Å². The first-order chi connectivity index (χ1) is 11.5. The third-order valence-corrected chi connectivity index (χ3v) is 4.02. The first kappa shape index (κ1) is 17.5. The van der Waals surface area contributed by atoms with Crippen molar-refractivity contribution in [2.75, 3.05) is 21.3 Å². The molecular weight excluding hydrogens is 314 g/mol. The molecule has 0 unspecified atom stereocenters. The summed E-state index contributed by atoms with van der Waals surface area (Å²) in [7, 11) is 3.62. The van der Waals surface area contributed by atoms with Crippen molar-refractivity contribution < 1.29 is 28.6 Å². The third-order valence-electron chi connectivity index (χ3n) is 4.02. The van der Waals surface area contributed by atoms with Gasteiger partial charge in [0.05, 0.1) is 26.9 Å². The highest BCUT2D eigenvalue weighted by Gasteiger charge is 2.57. The van der Waals surface area contributed by atoms with Crippen LogP contribution < -0.4 is 5.32 Å². The summed E-state index contributed by atoms with van der Waals surface area (Å²) in [6, 6.07) is 9.11. The van der Waals surface area contributed by atoms with E-state index in [0.717, 1.165) is 5.56 Å². The van der Waals surface area contributed by atoms with Crippen LogP contribution >= 0.6 is 0 Å². The van der Waals surface area contributed by atoms with Crippen molar-refractivity contribution >= 4 is 17.9 Å². The Hall–Kier alpha value is -2.83. The van der Waals surface area contributed by atoms with Gasteiger partial charge >= 0.3 is 17.9 Å². The van der Waals surface area contributed by atoms with Crippen LogP contribution in [0.5, 0.6) is 0 Å². The molecule has 0 amide bonds. The van der Waals surface area contributed by atoms with Crippen molar-refractivity contribution in [2.45, 2.75) is 12.0 Å². The highest BCUT2D eigenvalue weighted by Crippen LogP contribution is 2.36. The quantitative estimate of drug-likeness (QED) is 0.623. The number of rotatable bonds is 5. The zero-order chi connectivity index (χ0) is 17.7. The van der Waals surface area contributed by atoms with Gasteiger partial charge in [-0.25, -0.2) is 9.59 Å². The molecule has 0 fully saturated rings. The van der Waals surface area contributed by atoms with Gasteiger partial charge in [0.25, 0.3) is 0 Å². The van der Waals surface area contributed by atoms with Crippen LogP contribution in [-0.4, -0.2) is 44.8 Å². The summed E-state index contributed by atoms with van der Waals surface area (Å²) in [5.74, 6) is -3.28. The lowest BCUT2D eigenvalue weighted by Gasteiger charge is -2.32. The Morgan fingerprint density at radius 2 is 1.71 bits per heavy atom. The Bertz CT molecular complexity index is 669. The van der Waals surface area contributed by atoms with Crippen molar-refractivity contribution in [3.63, 3.8) is 0 Å². The number of methoxy groups -OCH3 is 3. The maximum absolute atomic E-state index is 12.5. The SMILES string of the molecule is COC(=O)C1=CN[C@](Cc2ccccc2)(C(=O)OC)[C@H]1C(=O)OC. The smallest absolute Gasteiger partial charge is 0.336 e. The second kappa shape index (κ2) is 7.16. The predicted octanol–water partition coefficient (Wildman–Crippen LogP) is 0.590. The van der Waals surface area contributed by atoms with Crippen molar-refractivity contribution in [3.8, 4) is 0 Å². The monoisotopic (exact) mass is 333 g/mol. The van der Waals surface area contributed by atoms with Crippen LogP contribution in [0.4, 0.5) is 0 Å². The molecule has 0 saturated carbocycles. The zero-order valence-corrected chi connectivity index (χ0v) is 13.7. The number of carbonyl (C=O) groups excluding carboxylic acids is 3. The van der Waals surface area contributed by atoms with Gasteiger partial charge in [-0.1, -0.05) is 30.3 Å². The van der Waals surface area contributed by atoms with Crippen LogP contribution in [0.15, 0.2) is 42.1 Å². The standard InChI is InChI=1S/C17H19NO6/c1-22-14(19)12-10-18-17(16(21)24-3,13(12)15(20)23-2)9-11-7-5-4-6-8-11/h4-8,10,13,18H,9H2,1-3H3/t13-,17+/m1/s1. The molecule has 2 rings (SSSR count). The maximum Gasteiger partial charge on any atom is 0.336 e. The van der Waals surface area contributed by atoms with E-state index >= 15 is 0 Å². The first-order valence-electron chi connectivity index (χ1n) is 7.26. The van der Waals surface area contributed by atoms with Crippen LogP contribution in [0.25, 0.3) is 0 Å². The molecule has 7 nitrogen and oxygen atoms in total. The normalized spacial score (nSPS) is 22.1. The lowest BCUT2D eigenvalue weighted by molar-refractivity contribution is -0.159. The molecule has 128 valence electrons. The largest absolute Gasteiger partial charge is 0.468 e. The summed E-state index contributed by atoms with van der Waals surface area (Å²) in [6.07, 6.45) is 1.45. The van der Waals surface area contributed by atoms with Gasteiger partial charge in [-0.3, -0.25) is 4.79 Å². The van der Waals surface area contributed by atoms with E-state index in [0.29, 0.717) is 0 Å². The van der Waals surface area contributed by atoms with E-state index in [-0.39, 0.29) is 12.0 Å². The fourth-order valence-electron chi connectivity index (χ4n) is 2.88. The summed E-state index contributed by atoms with van der Waals surface area (Å²) in [6.45, 7) is 0. The molecular formula is C17H19NO6. The topological polar surface area (TPSA) is 90.9 Å². The van der Waals surface area contributed by atoms with Gasteiger partial charge in [-0.2, -0.15) is 0 Å². The molecule has 0 bridgehead atoms. The number of esters is 3. The molecule has 1 aliphatic heterocycles. The average molecular weight is 333 g/mol. The molecule has 1 aromatic carbocycles. The molecule has 0 aliphatic carbocycles. The van der Waals surface area contributed by atoms with E-state index in [1.165, 1.54) is 27.5 Å². The molecule has 1 heterocycles. The van der Waals surface area contributed by atoms with Gasteiger partial charge in [0.2, 0.25) is 0 Å². The van der Waals surface area contributed by atoms with E-state index in [1.54, 1.807) is 0 Å². The molecule has 0 spiro atoms. The zero-order valence-electron chi connectivity index (χ0n) is 13.7. The minimum absolute atomic E-state index is 0.0191. The summed E-state index contributed by atoms with van der Waals surface area (Å²) in [5, 5.41) is 2.86. The minimum atomic E-state index is -1.48. The number of ether oxygens (including phenoxy) is 3. The molecule has 0 aromatic heterocycles. The number of hydrogen-bond donors (Lipinski definition) is 1. The predicted molar refractivity (Wildman–Crippen MR) is 83.6 cm³/mol. The van der Waals surface area contributed by atoms with Gasteiger partial charge in [-0.15, -0.1) is 0 Å². The first-order valence-corrected chi connectivity index (χ1v) is 7.26. The summed E-state index contributed by atoms with van der Waals surface area (Å²) >= 11 is 0. The molecule has 7 heteroatoms. The highest BCUT2D eigenvalue weighted by molar-refractivity contribution is 6.02. The molecule has 1 N–H and O–H groups in total. The van der Waals surface area contributed by atoms with Gasteiger partial charge < -0.3 is 19.5 Å². The molecule has 0 radical (unpaired) electrons. The van der Waals surface area contributed by atoms with Crippen molar-refractivity contribution in [1.29, 1.82) is 0 Å². The van der Waals surface area contributed by atoms with Crippen LogP contribution in [0, 0.1) is 5.92 Å². The third kappa shape index (κ3) is 2.97. The van der Waals surface area contributed by atoms with Crippen molar-refractivity contribution in [3.05, 3.63) is 47.7 Å². The second-order valence-corrected chi connectivity index (χ2v) is 5.32. The Kier molecular flexibility index (Phi) is 5.23. The Morgan fingerprint density at radius 1 is 1.04 bits per heavy atom. The molecule has 24 heavy (non-hydrogen) atoms. The Balaban J connectivity index is 2.51. The fourth-order valence-corrected chi connectivity index (χ4v) is 2.88. The summed E-state index contributed by atoms with van der Waals surface area (Å²) < 4.78 is 14.4. The van der Waals surface area contributed by atoms with E-state index < -0.39 is 29.4 Å². The molecule has 0 saturated heterocycles. The fraction of sp³-hybridized carbons (Fsp3) is 0.353. The second-order valence-electron chi connectivity index (χ2n) is 5.32. The minimum Gasteiger partial charge on any atom is -0.468 e. The molecule has 2 atom stereocenters. The van der Waals surface area contributed by atoms with Crippen molar-refractivity contribution in [2.24, 2.45) is 5.92 Å². The van der Waals surface area contributed by atoms with E-state index in [9.17, 15) is 14.4 Å². The number of nitrogens with one attached hydrogen (secondary N) is 1. The Labute approximate surface area is 139 Å². The number of hydrogen-bond acceptors (Lipinski definition) is 7. The van der Waals surface area contributed by atoms with Crippen LogP contribution in [0.3, 0.4) is 0 Å². The maximum atomic E-state index is 12.5. The highest BCUT2D eigenvalue weighted by atomic mass is 16.5. The lowest BCUT2D eigenvalue weighted by atomic mass is 9.77. The Morgan fingerprint density at radius 3 is 2.25 bits per heavy atom. The van der Waals surface area contributed by atoms with Crippen LogP contribution in [-0.2, 0) is 35.0 Å². The van der Waals surface area contributed by atoms with Gasteiger partial charge in [0, 0.05) is 12.6 Å².